The second-order valence-electron chi connectivity index (χ2n) is 2.34. The van der Waals surface area contributed by atoms with Crippen LogP contribution in [0.4, 0.5) is 0 Å². The summed E-state index contributed by atoms with van der Waals surface area (Å²) >= 11 is 5.82. The van der Waals surface area contributed by atoms with E-state index in [1.807, 2.05) is 10.5 Å². The Balaban J connectivity index is 3.04. The van der Waals surface area contributed by atoms with Crippen molar-refractivity contribution in [1.29, 1.82) is 0 Å². The Hall–Kier alpha value is -0.0100. The third-order valence-electron chi connectivity index (χ3n) is 1.28. The van der Waals surface area contributed by atoms with E-state index in [-0.39, 0.29) is 0 Å². The zero-order valence-electron chi connectivity index (χ0n) is 6.65. The van der Waals surface area contributed by atoms with Crippen LogP contribution >= 0.6 is 11.8 Å². The summed E-state index contributed by atoms with van der Waals surface area (Å²) in [5, 5.41) is 0. The Morgan fingerprint density at radius 1 is 1.50 bits per heavy atom. The van der Waals surface area contributed by atoms with E-state index < -0.39 is 0 Å². The first-order valence-electron chi connectivity index (χ1n) is 3.83. The van der Waals surface area contributed by atoms with E-state index in [2.05, 4.69) is 13.5 Å². The van der Waals surface area contributed by atoms with Crippen molar-refractivity contribution in [3.63, 3.8) is 0 Å². The first-order chi connectivity index (χ1) is 4.81. The lowest BCUT2D eigenvalue weighted by atomic mass is 10.3. The van der Waals surface area contributed by atoms with Gasteiger partial charge in [-0.3, -0.25) is 0 Å². The standard InChI is InChI=1S/C8H16ClN/c1-3-5-6-8-10(9)7-4-2/h3H,1,4-8H2,2H3. The Kier molecular flexibility index (Phi) is 7.09. The topological polar surface area (TPSA) is 3.24 Å². The van der Waals surface area contributed by atoms with Crippen molar-refractivity contribution >= 4 is 11.8 Å². The molecule has 0 atom stereocenters. The molecule has 0 saturated heterocycles. The number of allylic oxidation sites excluding steroid dienone is 1. The van der Waals surface area contributed by atoms with Gasteiger partial charge in [0, 0.05) is 13.1 Å². The minimum Gasteiger partial charge on any atom is -0.220 e. The maximum Gasteiger partial charge on any atom is 0.0141 e. The molecule has 0 aliphatic carbocycles. The van der Waals surface area contributed by atoms with Gasteiger partial charge in [-0.2, -0.15) is 0 Å². The molecule has 0 fully saturated rings. The first-order valence-corrected chi connectivity index (χ1v) is 4.16. The Morgan fingerprint density at radius 3 is 2.70 bits per heavy atom. The highest BCUT2D eigenvalue weighted by Gasteiger charge is 1.95. The molecule has 0 N–H and O–H groups in total. The molecule has 0 aliphatic heterocycles. The lowest BCUT2D eigenvalue weighted by Gasteiger charge is -2.10. The highest BCUT2D eigenvalue weighted by molar-refractivity contribution is 6.13. The smallest absolute Gasteiger partial charge is 0.0141 e. The predicted molar refractivity (Wildman–Crippen MR) is 47.1 cm³/mol. The molecular formula is C8H16ClN. The molecule has 0 spiro atoms. The van der Waals surface area contributed by atoms with Gasteiger partial charge in [0.05, 0.1) is 0 Å². The molecule has 1 nitrogen and oxygen atoms in total. The SMILES string of the molecule is C=CCCCN(Cl)CCC. The fraction of sp³-hybridized carbons (Fsp3) is 0.750. The maximum atomic E-state index is 5.82. The zero-order valence-corrected chi connectivity index (χ0v) is 7.40. The number of rotatable bonds is 6. The van der Waals surface area contributed by atoms with E-state index in [1.54, 1.807) is 0 Å². The molecular weight excluding hydrogens is 146 g/mol. The summed E-state index contributed by atoms with van der Waals surface area (Å²) in [6.45, 7) is 7.73. The number of unbranched alkanes of at least 4 members (excludes halogenated alkanes) is 1. The van der Waals surface area contributed by atoms with Gasteiger partial charge < -0.3 is 0 Å². The van der Waals surface area contributed by atoms with Gasteiger partial charge in [0.1, 0.15) is 0 Å². The summed E-state index contributed by atoms with van der Waals surface area (Å²) in [5.41, 5.74) is 0. The summed E-state index contributed by atoms with van der Waals surface area (Å²) < 4.78 is 1.84. The Morgan fingerprint density at radius 2 is 2.20 bits per heavy atom. The number of nitrogens with zero attached hydrogens (tertiary/aromatic N) is 1. The highest BCUT2D eigenvalue weighted by Crippen LogP contribution is 1.99. The second-order valence-corrected chi connectivity index (χ2v) is 2.82. The van der Waals surface area contributed by atoms with Crippen LogP contribution in [0.5, 0.6) is 0 Å². The van der Waals surface area contributed by atoms with Gasteiger partial charge in [-0.15, -0.1) is 6.58 Å². The summed E-state index contributed by atoms with van der Waals surface area (Å²) in [6.07, 6.45) is 5.23. The van der Waals surface area contributed by atoms with Gasteiger partial charge in [-0.25, -0.2) is 4.42 Å². The van der Waals surface area contributed by atoms with Gasteiger partial charge in [0.25, 0.3) is 0 Å². The van der Waals surface area contributed by atoms with Crippen molar-refractivity contribution in [2.45, 2.75) is 26.2 Å². The van der Waals surface area contributed by atoms with Crippen LogP contribution in [0.25, 0.3) is 0 Å². The number of halogens is 1. The van der Waals surface area contributed by atoms with E-state index in [9.17, 15) is 0 Å². The minimum absolute atomic E-state index is 0.974. The van der Waals surface area contributed by atoms with Crippen molar-refractivity contribution in [2.24, 2.45) is 0 Å². The van der Waals surface area contributed by atoms with Crippen LogP contribution in [0.2, 0.25) is 0 Å². The average molecular weight is 162 g/mol. The van der Waals surface area contributed by atoms with Crippen LogP contribution in [-0.2, 0) is 0 Å². The summed E-state index contributed by atoms with van der Waals surface area (Å²) in [4.78, 5) is 0. The zero-order chi connectivity index (χ0) is 7.82. The van der Waals surface area contributed by atoms with Crippen LogP contribution in [0.1, 0.15) is 26.2 Å². The summed E-state index contributed by atoms with van der Waals surface area (Å²) in [6, 6.07) is 0. The molecule has 10 heavy (non-hydrogen) atoms. The molecule has 0 radical (unpaired) electrons. The maximum absolute atomic E-state index is 5.82. The quantitative estimate of drug-likeness (QED) is 0.329. The fourth-order valence-electron chi connectivity index (χ4n) is 0.762. The molecule has 60 valence electrons. The van der Waals surface area contributed by atoms with Crippen LogP contribution in [0.3, 0.4) is 0 Å². The lowest BCUT2D eigenvalue weighted by Crippen LogP contribution is -2.13. The van der Waals surface area contributed by atoms with Crippen molar-refractivity contribution in [1.82, 2.24) is 4.42 Å². The van der Waals surface area contributed by atoms with Crippen LogP contribution in [0, 0.1) is 0 Å². The molecule has 0 bridgehead atoms. The van der Waals surface area contributed by atoms with Gasteiger partial charge in [-0.05, 0) is 31.0 Å². The lowest BCUT2D eigenvalue weighted by molar-refractivity contribution is 0.445. The minimum atomic E-state index is 0.974. The molecule has 0 amide bonds. The van der Waals surface area contributed by atoms with E-state index in [0.29, 0.717) is 0 Å². The molecule has 0 heterocycles. The van der Waals surface area contributed by atoms with Crippen molar-refractivity contribution in [3.05, 3.63) is 12.7 Å². The van der Waals surface area contributed by atoms with E-state index in [0.717, 1.165) is 32.4 Å². The fourth-order valence-corrected chi connectivity index (χ4v) is 1.05. The molecule has 0 rings (SSSR count). The Labute approximate surface area is 68.8 Å². The van der Waals surface area contributed by atoms with Crippen molar-refractivity contribution in [3.8, 4) is 0 Å². The van der Waals surface area contributed by atoms with E-state index in [4.69, 9.17) is 11.8 Å². The van der Waals surface area contributed by atoms with Gasteiger partial charge in [-0.1, -0.05) is 13.0 Å². The molecule has 0 aromatic carbocycles. The van der Waals surface area contributed by atoms with E-state index >= 15 is 0 Å². The predicted octanol–water partition coefficient (Wildman–Crippen LogP) is 2.82. The highest BCUT2D eigenvalue weighted by atomic mass is 35.5. The average Bonchev–Trinajstić information content (AvgIpc) is 1.89. The van der Waals surface area contributed by atoms with Crippen molar-refractivity contribution < 1.29 is 0 Å². The largest absolute Gasteiger partial charge is 0.220 e. The Bertz CT molecular complexity index is 83.3. The van der Waals surface area contributed by atoms with Gasteiger partial charge >= 0.3 is 0 Å². The van der Waals surface area contributed by atoms with Gasteiger partial charge in [0.2, 0.25) is 0 Å². The molecule has 0 aromatic heterocycles. The molecule has 0 unspecified atom stereocenters. The van der Waals surface area contributed by atoms with Crippen molar-refractivity contribution in [2.75, 3.05) is 13.1 Å². The summed E-state index contributed by atoms with van der Waals surface area (Å²) in [7, 11) is 0. The number of hydrogen-bond acceptors (Lipinski definition) is 1. The van der Waals surface area contributed by atoms with E-state index in [1.165, 1.54) is 0 Å². The van der Waals surface area contributed by atoms with Crippen LogP contribution < -0.4 is 0 Å². The summed E-state index contributed by atoms with van der Waals surface area (Å²) in [5.74, 6) is 0. The van der Waals surface area contributed by atoms with Crippen LogP contribution in [-0.4, -0.2) is 17.5 Å². The third-order valence-corrected chi connectivity index (χ3v) is 1.61. The monoisotopic (exact) mass is 161 g/mol. The first kappa shape index (κ1) is 9.99. The molecule has 0 saturated carbocycles. The third kappa shape index (κ3) is 6.12. The normalized spacial score (nSPS) is 10.3. The molecule has 0 aliphatic rings. The second kappa shape index (κ2) is 7.10. The number of hydrogen-bond donors (Lipinski definition) is 0. The van der Waals surface area contributed by atoms with Gasteiger partial charge in [0.15, 0.2) is 0 Å². The van der Waals surface area contributed by atoms with Crippen LogP contribution in [0.15, 0.2) is 12.7 Å². The molecule has 2 heteroatoms. The molecule has 0 aromatic rings.